The standard InChI is InChI=1S/C14H14N2OS/c17-7-1-4-14-15-11-6-5-10(9-12(11)16-14)13-3-2-8-18-13/h2-3,5-6,8-9,17H,1,4,7H2,(H,15,16). The molecule has 3 rings (SSSR count). The third kappa shape index (κ3) is 2.17. The average Bonchev–Trinajstić information content (AvgIpc) is 3.03. The molecule has 3 nitrogen and oxygen atoms in total. The Bertz CT molecular complexity index is 643. The normalized spacial score (nSPS) is 11.2. The molecule has 0 atom stereocenters. The van der Waals surface area contributed by atoms with E-state index in [4.69, 9.17) is 5.11 Å². The predicted molar refractivity (Wildman–Crippen MR) is 74.8 cm³/mol. The maximum absolute atomic E-state index is 8.83. The van der Waals surface area contributed by atoms with Crippen molar-refractivity contribution in [1.29, 1.82) is 0 Å². The number of rotatable bonds is 4. The molecule has 3 aromatic rings. The Labute approximate surface area is 109 Å². The van der Waals surface area contributed by atoms with E-state index in [-0.39, 0.29) is 6.61 Å². The number of nitrogens with one attached hydrogen (secondary N) is 1. The van der Waals surface area contributed by atoms with E-state index in [1.165, 1.54) is 10.4 Å². The van der Waals surface area contributed by atoms with Crippen LogP contribution in [0.5, 0.6) is 0 Å². The number of hydrogen-bond donors (Lipinski definition) is 2. The lowest BCUT2D eigenvalue weighted by Gasteiger charge is -1.96. The summed E-state index contributed by atoms with van der Waals surface area (Å²) in [5.41, 5.74) is 3.27. The van der Waals surface area contributed by atoms with Crippen molar-refractivity contribution in [2.24, 2.45) is 0 Å². The molecule has 0 radical (unpaired) electrons. The molecule has 1 aromatic carbocycles. The van der Waals surface area contributed by atoms with Crippen LogP contribution in [0.3, 0.4) is 0 Å². The zero-order valence-corrected chi connectivity index (χ0v) is 10.7. The van der Waals surface area contributed by atoms with Crippen molar-refractivity contribution in [3.05, 3.63) is 41.5 Å². The first kappa shape index (κ1) is 11.4. The van der Waals surface area contributed by atoms with Gasteiger partial charge in [0.25, 0.3) is 0 Å². The number of thiophene rings is 1. The van der Waals surface area contributed by atoms with Crippen LogP contribution in [-0.2, 0) is 6.42 Å². The van der Waals surface area contributed by atoms with Crippen LogP contribution in [0.1, 0.15) is 12.2 Å². The van der Waals surface area contributed by atoms with Gasteiger partial charge in [-0.1, -0.05) is 12.1 Å². The van der Waals surface area contributed by atoms with Gasteiger partial charge in [0.15, 0.2) is 0 Å². The maximum atomic E-state index is 8.83. The van der Waals surface area contributed by atoms with Gasteiger partial charge in [0, 0.05) is 17.9 Å². The van der Waals surface area contributed by atoms with E-state index < -0.39 is 0 Å². The van der Waals surface area contributed by atoms with Crippen LogP contribution in [0.15, 0.2) is 35.7 Å². The molecule has 2 aromatic heterocycles. The average molecular weight is 258 g/mol. The topological polar surface area (TPSA) is 48.9 Å². The minimum Gasteiger partial charge on any atom is -0.396 e. The molecule has 0 unspecified atom stereocenters. The molecule has 0 amide bonds. The zero-order chi connectivity index (χ0) is 12.4. The number of aromatic amines is 1. The van der Waals surface area contributed by atoms with E-state index >= 15 is 0 Å². The summed E-state index contributed by atoms with van der Waals surface area (Å²) in [6.45, 7) is 0.206. The summed E-state index contributed by atoms with van der Waals surface area (Å²) in [7, 11) is 0. The highest BCUT2D eigenvalue weighted by Crippen LogP contribution is 2.27. The summed E-state index contributed by atoms with van der Waals surface area (Å²) in [5, 5.41) is 10.9. The van der Waals surface area contributed by atoms with Crippen LogP contribution in [-0.4, -0.2) is 21.7 Å². The largest absolute Gasteiger partial charge is 0.396 e. The van der Waals surface area contributed by atoms with E-state index in [9.17, 15) is 0 Å². The second-order valence-electron chi connectivity index (χ2n) is 4.22. The molecule has 0 fully saturated rings. The quantitative estimate of drug-likeness (QED) is 0.755. The van der Waals surface area contributed by atoms with E-state index in [1.807, 2.05) is 6.07 Å². The molecule has 0 aliphatic rings. The molecule has 92 valence electrons. The highest BCUT2D eigenvalue weighted by atomic mass is 32.1. The SMILES string of the molecule is OCCCc1nc2ccc(-c3cccs3)cc2[nH]1. The monoisotopic (exact) mass is 258 g/mol. The van der Waals surface area contributed by atoms with E-state index in [1.54, 1.807) is 11.3 Å². The lowest BCUT2D eigenvalue weighted by Crippen LogP contribution is -1.90. The van der Waals surface area contributed by atoms with Gasteiger partial charge >= 0.3 is 0 Å². The number of H-pyrrole nitrogens is 1. The number of aromatic nitrogens is 2. The van der Waals surface area contributed by atoms with Gasteiger partial charge in [0.2, 0.25) is 0 Å². The highest BCUT2D eigenvalue weighted by Gasteiger charge is 2.05. The Kier molecular flexibility index (Phi) is 3.13. The van der Waals surface area contributed by atoms with E-state index in [0.717, 1.165) is 29.7 Å². The van der Waals surface area contributed by atoms with Crippen molar-refractivity contribution in [2.75, 3.05) is 6.61 Å². The first-order chi connectivity index (χ1) is 8.86. The second kappa shape index (κ2) is 4.92. The van der Waals surface area contributed by atoms with Crippen molar-refractivity contribution >= 4 is 22.4 Å². The molecule has 0 spiro atoms. The molecular weight excluding hydrogens is 244 g/mol. The van der Waals surface area contributed by atoms with Gasteiger partial charge in [-0.05, 0) is 35.6 Å². The lowest BCUT2D eigenvalue weighted by atomic mass is 10.2. The van der Waals surface area contributed by atoms with Gasteiger partial charge in [-0.25, -0.2) is 4.98 Å². The van der Waals surface area contributed by atoms with E-state index in [0.29, 0.717) is 0 Å². The molecule has 2 N–H and O–H groups in total. The van der Waals surface area contributed by atoms with Crippen molar-refractivity contribution < 1.29 is 5.11 Å². The molecule has 0 aliphatic carbocycles. The molecule has 2 heterocycles. The van der Waals surface area contributed by atoms with Gasteiger partial charge in [0.05, 0.1) is 11.0 Å². The third-order valence-corrected chi connectivity index (χ3v) is 3.83. The fraction of sp³-hybridized carbons (Fsp3) is 0.214. The first-order valence-electron chi connectivity index (χ1n) is 6.00. The number of nitrogens with zero attached hydrogens (tertiary/aromatic N) is 1. The Morgan fingerprint density at radius 1 is 1.28 bits per heavy atom. The molecule has 18 heavy (non-hydrogen) atoms. The lowest BCUT2D eigenvalue weighted by molar-refractivity contribution is 0.287. The first-order valence-corrected chi connectivity index (χ1v) is 6.88. The third-order valence-electron chi connectivity index (χ3n) is 2.91. The van der Waals surface area contributed by atoms with Crippen LogP contribution in [0, 0.1) is 0 Å². The van der Waals surface area contributed by atoms with Gasteiger partial charge < -0.3 is 10.1 Å². The Hall–Kier alpha value is -1.65. The Morgan fingerprint density at radius 3 is 3.00 bits per heavy atom. The van der Waals surface area contributed by atoms with Gasteiger partial charge in [0.1, 0.15) is 5.82 Å². The summed E-state index contributed by atoms with van der Waals surface area (Å²) in [6, 6.07) is 10.5. The summed E-state index contributed by atoms with van der Waals surface area (Å²) in [5.74, 6) is 0.947. The van der Waals surface area contributed by atoms with Gasteiger partial charge in [-0.3, -0.25) is 0 Å². The zero-order valence-electron chi connectivity index (χ0n) is 9.89. The number of fused-ring (bicyclic) bond motifs is 1. The molecule has 4 heteroatoms. The minimum absolute atomic E-state index is 0.206. The van der Waals surface area contributed by atoms with Crippen LogP contribution in [0.2, 0.25) is 0 Å². The number of imidazole rings is 1. The maximum Gasteiger partial charge on any atom is 0.107 e. The number of aliphatic hydroxyl groups excluding tert-OH is 1. The molecular formula is C14H14N2OS. The summed E-state index contributed by atoms with van der Waals surface area (Å²) >= 11 is 1.74. The molecule has 0 saturated heterocycles. The summed E-state index contributed by atoms with van der Waals surface area (Å²) in [4.78, 5) is 9.09. The second-order valence-corrected chi connectivity index (χ2v) is 5.17. The molecule has 0 saturated carbocycles. The van der Waals surface area contributed by atoms with Crippen LogP contribution < -0.4 is 0 Å². The van der Waals surface area contributed by atoms with Crippen LogP contribution in [0.25, 0.3) is 21.5 Å². The van der Waals surface area contributed by atoms with Crippen LogP contribution in [0.4, 0.5) is 0 Å². The minimum atomic E-state index is 0.206. The Morgan fingerprint density at radius 2 is 2.22 bits per heavy atom. The fourth-order valence-electron chi connectivity index (χ4n) is 2.02. The van der Waals surface area contributed by atoms with Gasteiger partial charge in [-0.2, -0.15) is 0 Å². The van der Waals surface area contributed by atoms with E-state index in [2.05, 4.69) is 39.6 Å². The number of benzene rings is 1. The molecule has 0 aliphatic heterocycles. The van der Waals surface area contributed by atoms with Crippen molar-refractivity contribution in [1.82, 2.24) is 9.97 Å². The number of hydrogen-bond acceptors (Lipinski definition) is 3. The van der Waals surface area contributed by atoms with Crippen molar-refractivity contribution in [3.63, 3.8) is 0 Å². The fourth-order valence-corrected chi connectivity index (χ4v) is 2.75. The number of aryl methyl sites for hydroxylation is 1. The van der Waals surface area contributed by atoms with Gasteiger partial charge in [-0.15, -0.1) is 11.3 Å². The van der Waals surface area contributed by atoms with Crippen molar-refractivity contribution in [2.45, 2.75) is 12.8 Å². The summed E-state index contributed by atoms with van der Waals surface area (Å²) in [6.07, 6.45) is 1.54. The highest BCUT2D eigenvalue weighted by molar-refractivity contribution is 7.13. The van der Waals surface area contributed by atoms with Crippen molar-refractivity contribution in [3.8, 4) is 10.4 Å². The predicted octanol–water partition coefficient (Wildman–Crippen LogP) is 3.22. The van der Waals surface area contributed by atoms with Crippen LogP contribution >= 0.6 is 11.3 Å². The smallest absolute Gasteiger partial charge is 0.107 e. The molecule has 0 bridgehead atoms. The summed E-state index contributed by atoms with van der Waals surface area (Å²) < 4.78 is 0. The Balaban J connectivity index is 1.96. The number of aliphatic hydroxyl groups is 1.